The first-order valence-electron chi connectivity index (χ1n) is 5.44. The number of carbonyl (C=O) groups is 2. The average Bonchev–Trinajstić information content (AvgIpc) is 2.25. The SMILES string of the molecule is CC(C)OC(=O)C(CC(=O)Cl)c1ccccc1. The predicted molar refractivity (Wildman–Crippen MR) is 65.9 cm³/mol. The van der Waals surface area contributed by atoms with Crippen LogP contribution in [0.15, 0.2) is 30.3 Å². The molecule has 0 spiro atoms. The van der Waals surface area contributed by atoms with E-state index in [0.29, 0.717) is 0 Å². The third-order valence-corrected chi connectivity index (χ3v) is 2.36. The van der Waals surface area contributed by atoms with Gasteiger partial charge >= 0.3 is 5.97 Å². The molecule has 0 saturated carbocycles. The molecule has 1 aromatic carbocycles. The first kappa shape index (κ1) is 13.7. The molecule has 0 bridgehead atoms. The van der Waals surface area contributed by atoms with Crippen LogP contribution in [0.3, 0.4) is 0 Å². The van der Waals surface area contributed by atoms with Gasteiger partial charge in [-0.2, -0.15) is 0 Å². The number of rotatable bonds is 5. The molecule has 0 aliphatic heterocycles. The lowest BCUT2D eigenvalue weighted by atomic mass is 9.96. The van der Waals surface area contributed by atoms with Crippen LogP contribution in [0.2, 0.25) is 0 Å². The summed E-state index contributed by atoms with van der Waals surface area (Å²) in [6.07, 6.45) is -0.254. The number of hydrogen-bond donors (Lipinski definition) is 0. The van der Waals surface area contributed by atoms with Gasteiger partial charge < -0.3 is 4.74 Å². The average molecular weight is 255 g/mol. The smallest absolute Gasteiger partial charge is 0.314 e. The van der Waals surface area contributed by atoms with Gasteiger partial charge in [-0.25, -0.2) is 0 Å². The van der Waals surface area contributed by atoms with Crippen molar-refractivity contribution in [3.63, 3.8) is 0 Å². The van der Waals surface area contributed by atoms with E-state index in [1.165, 1.54) is 0 Å². The highest BCUT2D eigenvalue weighted by atomic mass is 35.5. The predicted octanol–water partition coefficient (Wildman–Crippen LogP) is 2.88. The van der Waals surface area contributed by atoms with Gasteiger partial charge in [0.05, 0.1) is 12.0 Å². The Hall–Kier alpha value is -1.35. The molecule has 0 heterocycles. The van der Waals surface area contributed by atoms with Crippen LogP contribution in [0.1, 0.15) is 31.7 Å². The Balaban J connectivity index is 2.88. The lowest BCUT2D eigenvalue weighted by Gasteiger charge is -2.16. The Bertz CT molecular complexity index is 387. The summed E-state index contributed by atoms with van der Waals surface area (Å²) in [4.78, 5) is 22.8. The third kappa shape index (κ3) is 4.57. The number of ether oxygens (including phenoxy) is 1. The van der Waals surface area contributed by atoms with Crippen molar-refractivity contribution in [2.45, 2.75) is 32.3 Å². The maximum atomic E-state index is 11.9. The Kier molecular flexibility index (Phi) is 5.16. The maximum absolute atomic E-state index is 11.9. The van der Waals surface area contributed by atoms with Crippen molar-refractivity contribution >= 4 is 22.8 Å². The van der Waals surface area contributed by atoms with E-state index in [1.54, 1.807) is 26.0 Å². The number of benzene rings is 1. The Morgan fingerprint density at radius 2 is 1.82 bits per heavy atom. The van der Waals surface area contributed by atoms with E-state index in [4.69, 9.17) is 16.3 Å². The molecule has 3 nitrogen and oxygen atoms in total. The molecule has 0 fully saturated rings. The van der Waals surface area contributed by atoms with Crippen LogP contribution in [-0.2, 0) is 14.3 Å². The Labute approximate surface area is 106 Å². The van der Waals surface area contributed by atoms with Crippen LogP contribution in [-0.4, -0.2) is 17.3 Å². The fourth-order valence-electron chi connectivity index (χ4n) is 1.50. The summed E-state index contributed by atoms with van der Waals surface area (Å²) in [5.41, 5.74) is 0.743. The van der Waals surface area contributed by atoms with Crippen molar-refractivity contribution in [3.05, 3.63) is 35.9 Å². The van der Waals surface area contributed by atoms with Gasteiger partial charge in [0, 0.05) is 6.42 Å². The maximum Gasteiger partial charge on any atom is 0.314 e. The molecule has 0 radical (unpaired) electrons. The highest BCUT2D eigenvalue weighted by molar-refractivity contribution is 6.63. The molecule has 0 aliphatic rings. The topological polar surface area (TPSA) is 43.4 Å². The van der Waals surface area contributed by atoms with E-state index in [-0.39, 0.29) is 12.5 Å². The monoisotopic (exact) mass is 254 g/mol. The molecule has 0 saturated heterocycles. The van der Waals surface area contributed by atoms with Gasteiger partial charge in [0.2, 0.25) is 5.24 Å². The number of hydrogen-bond acceptors (Lipinski definition) is 3. The van der Waals surface area contributed by atoms with Crippen LogP contribution in [0, 0.1) is 0 Å². The second kappa shape index (κ2) is 6.40. The van der Waals surface area contributed by atoms with Gasteiger partial charge in [-0.1, -0.05) is 30.3 Å². The Morgan fingerprint density at radius 1 is 1.24 bits per heavy atom. The van der Waals surface area contributed by atoms with E-state index in [0.717, 1.165) is 5.56 Å². The second-order valence-electron chi connectivity index (χ2n) is 4.01. The normalized spacial score (nSPS) is 12.2. The summed E-state index contributed by atoms with van der Waals surface area (Å²) in [5, 5.41) is -0.542. The summed E-state index contributed by atoms with van der Waals surface area (Å²) in [6, 6.07) is 9.03. The number of halogens is 1. The first-order valence-corrected chi connectivity index (χ1v) is 5.82. The summed E-state index contributed by atoms with van der Waals surface area (Å²) >= 11 is 5.36. The molecule has 1 atom stereocenters. The molecule has 0 N–H and O–H groups in total. The molecule has 92 valence electrons. The fourth-order valence-corrected chi connectivity index (χ4v) is 1.65. The van der Waals surface area contributed by atoms with Crippen molar-refractivity contribution in [3.8, 4) is 0 Å². The first-order chi connectivity index (χ1) is 8.00. The highest BCUT2D eigenvalue weighted by Gasteiger charge is 2.25. The van der Waals surface area contributed by atoms with Gasteiger partial charge in [-0.15, -0.1) is 0 Å². The zero-order valence-electron chi connectivity index (χ0n) is 9.85. The molecule has 1 aromatic rings. The minimum Gasteiger partial charge on any atom is -0.462 e. The number of carbonyl (C=O) groups excluding carboxylic acids is 2. The molecule has 4 heteroatoms. The quantitative estimate of drug-likeness (QED) is 0.599. The fraction of sp³-hybridized carbons (Fsp3) is 0.385. The third-order valence-electron chi connectivity index (χ3n) is 2.20. The molecule has 1 rings (SSSR count). The minimum atomic E-state index is -0.622. The molecular weight excluding hydrogens is 240 g/mol. The van der Waals surface area contributed by atoms with Gasteiger partial charge in [-0.05, 0) is 31.0 Å². The highest BCUT2D eigenvalue weighted by Crippen LogP contribution is 2.22. The van der Waals surface area contributed by atoms with Crippen molar-refractivity contribution in [2.24, 2.45) is 0 Å². The zero-order chi connectivity index (χ0) is 12.8. The van der Waals surface area contributed by atoms with E-state index in [2.05, 4.69) is 0 Å². The standard InChI is InChI=1S/C13H15ClO3/c1-9(2)17-13(16)11(8-12(14)15)10-6-4-3-5-7-10/h3-7,9,11H,8H2,1-2H3. The molecule has 0 aliphatic carbocycles. The van der Waals surface area contributed by atoms with E-state index < -0.39 is 17.1 Å². The van der Waals surface area contributed by atoms with Gasteiger partial charge in [0.15, 0.2) is 0 Å². The van der Waals surface area contributed by atoms with Crippen LogP contribution >= 0.6 is 11.6 Å². The van der Waals surface area contributed by atoms with Crippen molar-refractivity contribution in [1.82, 2.24) is 0 Å². The summed E-state index contributed by atoms with van der Waals surface area (Å²) in [6.45, 7) is 3.53. The van der Waals surface area contributed by atoms with E-state index in [1.807, 2.05) is 18.2 Å². The molecule has 0 aromatic heterocycles. The molecule has 0 amide bonds. The molecular formula is C13H15ClO3. The largest absolute Gasteiger partial charge is 0.462 e. The number of esters is 1. The summed E-state index contributed by atoms with van der Waals surface area (Å²) in [7, 11) is 0. The van der Waals surface area contributed by atoms with E-state index >= 15 is 0 Å². The second-order valence-corrected chi connectivity index (χ2v) is 4.43. The van der Waals surface area contributed by atoms with Crippen molar-refractivity contribution in [2.75, 3.05) is 0 Å². The summed E-state index contributed by atoms with van der Waals surface area (Å²) in [5.74, 6) is -1.04. The van der Waals surface area contributed by atoms with Crippen LogP contribution in [0.25, 0.3) is 0 Å². The van der Waals surface area contributed by atoms with Gasteiger partial charge in [0.25, 0.3) is 0 Å². The van der Waals surface area contributed by atoms with Crippen LogP contribution in [0.4, 0.5) is 0 Å². The van der Waals surface area contributed by atoms with Crippen molar-refractivity contribution < 1.29 is 14.3 Å². The minimum absolute atomic E-state index is 0.0445. The zero-order valence-corrected chi connectivity index (χ0v) is 10.6. The molecule has 1 unspecified atom stereocenters. The summed E-state index contributed by atoms with van der Waals surface area (Å²) < 4.78 is 5.12. The van der Waals surface area contributed by atoms with Crippen LogP contribution < -0.4 is 0 Å². The molecule has 17 heavy (non-hydrogen) atoms. The van der Waals surface area contributed by atoms with Gasteiger partial charge in [-0.3, -0.25) is 9.59 Å². The van der Waals surface area contributed by atoms with Crippen molar-refractivity contribution in [1.29, 1.82) is 0 Å². The van der Waals surface area contributed by atoms with Crippen LogP contribution in [0.5, 0.6) is 0 Å². The lowest BCUT2D eigenvalue weighted by Crippen LogP contribution is -2.21. The van der Waals surface area contributed by atoms with Gasteiger partial charge in [0.1, 0.15) is 0 Å². The lowest BCUT2D eigenvalue weighted by molar-refractivity contribution is -0.150. The Morgan fingerprint density at radius 3 is 2.29 bits per heavy atom. The van der Waals surface area contributed by atoms with E-state index in [9.17, 15) is 9.59 Å².